The highest BCUT2D eigenvalue weighted by Gasteiger charge is 2.24. The van der Waals surface area contributed by atoms with E-state index in [4.69, 9.17) is 9.47 Å². The van der Waals surface area contributed by atoms with Crippen molar-refractivity contribution in [2.45, 2.75) is 92.0 Å². The van der Waals surface area contributed by atoms with Gasteiger partial charge in [-0.1, -0.05) is 98.3 Å². The molecule has 1 aromatic heterocycles. The van der Waals surface area contributed by atoms with Gasteiger partial charge in [-0.2, -0.15) is 0 Å². The van der Waals surface area contributed by atoms with Crippen LogP contribution in [0.3, 0.4) is 0 Å². The van der Waals surface area contributed by atoms with Crippen molar-refractivity contribution in [1.82, 2.24) is 4.57 Å². The van der Waals surface area contributed by atoms with E-state index in [0.29, 0.717) is 11.1 Å². The summed E-state index contributed by atoms with van der Waals surface area (Å²) < 4.78 is 17.3. The Morgan fingerprint density at radius 3 is 1.60 bits per heavy atom. The van der Waals surface area contributed by atoms with Crippen molar-refractivity contribution in [3.8, 4) is 22.3 Å². The van der Waals surface area contributed by atoms with Crippen molar-refractivity contribution in [3.63, 3.8) is 0 Å². The van der Waals surface area contributed by atoms with Gasteiger partial charge in [0, 0.05) is 29.0 Å². The zero-order valence-corrected chi connectivity index (χ0v) is 32.4. The first-order valence-electron chi connectivity index (χ1n) is 17.3. The normalized spacial score (nSPS) is 11.8. The first-order chi connectivity index (χ1) is 23.7. The maximum absolute atomic E-state index is 13.0. The Hall–Kier alpha value is -4.24. The summed E-state index contributed by atoms with van der Waals surface area (Å²) in [5.41, 5.74) is 7.40. The summed E-state index contributed by atoms with van der Waals surface area (Å²) in [5.74, 6) is -0.632. The third-order valence-corrected chi connectivity index (χ3v) is 9.45. The van der Waals surface area contributed by atoms with Crippen LogP contribution in [0.25, 0.3) is 22.3 Å². The van der Waals surface area contributed by atoms with Crippen molar-refractivity contribution in [2.24, 2.45) is 0 Å². The zero-order chi connectivity index (χ0) is 36.1. The van der Waals surface area contributed by atoms with Gasteiger partial charge in [0.2, 0.25) is 10.0 Å². The molecule has 0 saturated carbocycles. The smallest absolute Gasteiger partial charge is 0.339 e. The molecule has 0 N–H and O–H groups in total. The molecule has 0 fully saturated rings. The Bertz CT molecular complexity index is 1950. The fourth-order valence-electron chi connectivity index (χ4n) is 5.88. The van der Waals surface area contributed by atoms with Crippen LogP contribution in [0.1, 0.15) is 98.8 Å². The molecule has 7 heteroatoms. The fourth-order valence-corrected chi connectivity index (χ4v) is 6.75. The molecule has 0 aliphatic rings. The number of carbonyl (C=O) groups excluding carboxylic acids is 2. The number of hydrogen-bond donors (Lipinski definition) is 0. The highest BCUT2D eigenvalue weighted by Crippen LogP contribution is 2.28. The number of imidazole rings is 1. The number of aromatic nitrogens is 2. The van der Waals surface area contributed by atoms with Crippen LogP contribution in [0.5, 0.6) is 0 Å². The maximum atomic E-state index is 13.0. The molecule has 0 unspecified atom stereocenters. The van der Waals surface area contributed by atoms with E-state index >= 15 is 0 Å². The molecule has 0 aliphatic heterocycles. The number of nitrogens with zero attached hydrogens (tertiary/aromatic N) is 2. The van der Waals surface area contributed by atoms with E-state index in [1.807, 2.05) is 90.1 Å². The summed E-state index contributed by atoms with van der Waals surface area (Å²) in [6.45, 7) is 15.0. The fraction of sp³-hybridized carbons (Fsp3) is 0.326. The Morgan fingerprint density at radius 1 is 0.680 bits per heavy atom. The molecule has 0 atom stereocenters. The van der Waals surface area contributed by atoms with Crippen molar-refractivity contribution in [1.29, 1.82) is 0 Å². The molecule has 5 aromatic rings. The number of hydrogen-bond acceptors (Lipinski definition) is 4. The van der Waals surface area contributed by atoms with Gasteiger partial charge in [-0.15, -0.1) is 0 Å². The van der Waals surface area contributed by atoms with Gasteiger partial charge in [-0.25, -0.2) is 18.7 Å². The molecule has 0 bridgehead atoms. The van der Waals surface area contributed by atoms with Crippen LogP contribution in [0.4, 0.5) is 0 Å². The molecule has 1 heterocycles. The predicted octanol–water partition coefficient (Wildman–Crippen LogP) is 10.1. The van der Waals surface area contributed by atoms with Crippen molar-refractivity contribution in [2.75, 3.05) is 0 Å². The molecule has 0 amide bonds. The highest BCUT2D eigenvalue weighted by molar-refractivity contribution is 14.1. The number of unbranched alkanes of at least 4 members (excludes halogenated alkanes) is 1. The lowest BCUT2D eigenvalue weighted by Gasteiger charge is -2.20. The summed E-state index contributed by atoms with van der Waals surface area (Å²) in [5, 5.41) is 0. The van der Waals surface area contributed by atoms with Crippen LogP contribution in [0.15, 0.2) is 103 Å². The van der Waals surface area contributed by atoms with Gasteiger partial charge >= 0.3 is 11.9 Å². The molecule has 4 aromatic carbocycles. The van der Waals surface area contributed by atoms with Crippen LogP contribution in [-0.4, -0.2) is 27.7 Å². The van der Waals surface area contributed by atoms with Gasteiger partial charge in [0.15, 0.2) is 5.69 Å². The average Bonchev–Trinajstić information content (AvgIpc) is 3.35. The molecule has 6 nitrogen and oxygen atoms in total. The number of carbonyl (C=O) groups is 2. The second-order valence-corrected chi connectivity index (χ2v) is 15.7. The third kappa shape index (κ3) is 9.50. The first kappa shape index (κ1) is 37.0. The number of benzene rings is 4. The number of rotatable bonds is 11. The van der Waals surface area contributed by atoms with Gasteiger partial charge in [-0.05, 0) is 93.5 Å². The van der Waals surface area contributed by atoms with E-state index in [2.05, 4.69) is 93.5 Å². The highest BCUT2D eigenvalue weighted by atomic mass is 127. The molecule has 0 spiro atoms. The summed E-state index contributed by atoms with van der Waals surface area (Å²) in [6, 6.07) is 32.2. The van der Waals surface area contributed by atoms with E-state index in [1.165, 1.54) is 20.5 Å². The second-order valence-electron chi connectivity index (χ2n) is 14.7. The average molecular weight is 784 g/mol. The van der Waals surface area contributed by atoms with E-state index in [9.17, 15) is 9.59 Å². The minimum atomic E-state index is -0.562. The van der Waals surface area contributed by atoms with Gasteiger partial charge in [0.05, 0.1) is 11.1 Å². The molecular formula is C43H48IN2O4+. The second kappa shape index (κ2) is 15.8. The zero-order valence-electron chi connectivity index (χ0n) is 30.3. The molecule has 5 rings (SSSR count). The van der Waals surface area contributed by atoms with Gasteiger partial charge < -0.3 is 9.47 Å². The number of ether oxygens (including phenoxy) is 2. The minimum Gasteiger partial charge on any atom is -0.456 e. The molecule has 0 radical (unpaired) electrons. The Labute approximate surface area is 310 Å². The Balaban J connectivity index is 1.36. The lowest BCUT2D eigenvalue weighted by molar-refractivity contribution is -0.700. The van der Waals surface area contributed by atoms with Crippen LogP contribution in [0.2, 0.25) is 0 Å². The van der Waals surface area contributed by atoms with Crippen LogP contribution in [-0.2, 0) is 29.0 Å². The summed E-state index contributed by atoms with van der Waals surface area (Å²) in [7, 11) is 0. The number of esters is 2. The monoisotopic (exact) mass is 783 g/mol. The lowest BCUT2D eigenvalue weighted by atomic mass is 9.98. The van der Waals surface area contributed by atoms with Crippen LogP contribution < -0.4 is 4.57 Å². The van der Waals surface area contributed by atoms with Gasteiger partial charge in [0.25, 0.3) is 0 Å². The number of halogens is 1. The summed E-state index contributed by atoms with van der Waals surface area (Å²) >= 11 is 2.49. The third-order valence-electron chi connectivity index (χ3n) is 8.21. The van der Waals surface area contributed by atoms with Crippen molar-refractivity contribution < 1.29 is 23.6 Å². The molecule has 0 aliphatic carbocycles. The van der Waals surface area contributed by atoms with Gasteiger partial charge in [-0.3, -0.25) is 0 Å². The topological polar surface area (TPSA) is 61.4 Å². The van der Waals surface area contributed by atoms with E-state index in [0.717, 1.165) is 54.6 Å². The Kier molecular flexibility index (Phi) is 11.7. The summed E-state index contributed by atoms with van der Waals surface area (Å²) in [4.78, 5) is 25.9. The van der Waals surface area contributed by atoms with Crippen LogP contribution >= 0.6 is 22.6 Å². The van der Waals surface area contributed by atoms with Gasteiger partial charge in [0.1, 0.15) is 24.3 Å². The standard InChI is InChI=1S/C43H48IN2O4/c1-8-9-18-38-39(44)46(28-31-21-25-33(26-22-31)35-15-11-13-17-37(35)41(48)50-43(5,6)7)29-45(38)27-30-19-23-32(24-20-30)34-14-10-12-16-36(34)40(47)49-42(2,3)4/h10-17,19-26,29H,8-9,18,27-28H2,1-7H3/q+1. The van der Waals surface area contributed by atoms with E-state index < -0.39 is 11.2 Å². The van der Waals surface area contributed by atoms with E-state index in [1.54, 1.807) is 0 Å². The summed E-state index contributed by atoms with van der Waals surface area (Å²) in [6.07, 6.45) is 5.47. The van der Waals surface area contributed by atoms with E-state index in [-0.39, 0.29) is 11.9 Å². The molecular weight excluding hydrogens is 735 g/mol. The van der Waals surface area contributed by atoms with Crippen molar-refractivity contribution >= 4 is 34.5 Å². The molecule has 50 heavy (non-hydrogen) atoms. The SMILES string of the molecule is CCCCc1c(I)[n+](Cc2ccc(-c3ccccc3C(=O)OC(C)(C)C)cc2)cn1Cc1ccc(-c2ccccc2C(=O)OC(C)(C)C)cc1. The Morgan fingerprint density at radius 2 is 1.14 bits per heavy atom. The quantitative estimate of drug-likeness (QED) is 0.0761. The molecule has 260 valence electrons. The maximum Gasteiger partial charge on any atom is 0.339 e. The first-order valence-corrected chi connectivity index (χ1v) is 18.4. The molecule has 0 saturated heterocycles. The predicted molar refractivity (Wildman–Crippen MR) is 208 cm³/mol. The lowest BCUT2D eigenvalue weighted by Crippen LogP contribution is -2.35. The van der Waals surface area contributed by atoms with Crippen molar-refractivity contribution in [3.05, 3.63) is 135 Å². The largest absolute Gasteiger partial charge is 0.456 e. The minimum absolute atomic E-state index is 0.315. The van der Waals surface area contributed by atoms with Crippen LogP contribution in [0, 0.1) is 3.70 Å².